The molecule has 1 saturated heterocycles. The van der Waals surface area contributed by atoms with Crippen molar-refractivity contribution in [1.82, 2.24) is 10.2 Å². The molecule has 5 heteroatoms. The van der Waals surface area contributed by atoms with Crippen molar-refractivity contribution >= 4 is 28.3 Å². The third kappa shape index (κ3) is 5.38. The Bertz CT molecular complexity index is 375. The van der Waals surface area contributed by atoms with Crippen molar-refractivity contribution in [2.45, 2.75) is 31.8 Å². The second-order valence-corrected chi connectivity index (χ2v) is 5.94. The molecule has 1 heterocycles. The summed E-state index contributed by atoms with van der Waals surface area (Å²) in [5, 5.41) is 3.42. The lowest BCUT2D eigenvalue weighted by molar-refractivity contribution is 0.216. The summed E-state index contributed by atoms with van der Waals surface area (Å²) in [5.74, 6) is -0.171. The van der Waals surface area contributed by atoms with E-state index in [4.69, 9.17) is 0 Å². The Hall–Kier alpha value is -0.160. The highest BCUT2D eigenvalue weighted by atomic mass is 79.9. The maximum atomic E-state index is 13.3. The molecule has 2 nitrogen and oxygen atoms in total. The molecule has 19 heavy (non-hydrogen) atoms. The van der Waals surface area contributed by atoms with Gasteiger partial charge in [0.2, 0.25) is 0 Å². The summed E-state index contributed by atoms with van der Waals surface area (Å²) >= 11 is 3.34. The minimum Gasteiger partial charge on any atom is -0.317 e. The molecule has 2 rings (SSSR count). The van der Waals surface area contributed by atoms with E-state index in [0.29, 0.717) is 6.04 Å². The van der Waals surface area contributed by atoms with E-state index < -0.39 is 0 Å². The van der Waals surface area contributed by atoms with Gasteiger partial charge < -0.3 is 5.32 Å². The SMILES string of the molecule is CN(Cc1cc(F)cc(Br)c1)C1CCCNCC1.Cl. The van der Waals surface area contributed by atoms with Crippen LogP contribution in [0.4, 0.5) is 4.39 Å². The Morgan fingerprint density at radius 1 is 1.32 bits per heavy atom. The number of benzene rings is 1. The fraction of sp³-hybridized carbons (Fsp3) is 0.571. The van der Waals surface area contributed by atoms with E-state index in [1.54, 1.807) is 6.07 Å². The number of hydrogen-bond donors (Lipinski definition) is 1. The lowest BCUT2D eigenvalue weighted by Crippen LogP contribution is -2.32. The average molecular weight is 352 g/mol. The summed E-state index contributed by atoms with van der Waals surface area (Å²) in [4.78, 5) is 2.34. The zero-order valence-corrected chi connectivity index (χ0v) is 13.6. The number of nitrogens with one attached hydrogen (secondary N) is 1. The van der Waals surface area contributed by atoms with Crippen LogP contribution in [-0.4, -0.2) is 31.1 Å². The van der Waals surface area contributed by atoms with Crippen molar-refractivity contribution in [2.75, 3.05) is 20.1 Å². The van der Waals surface area contributed by atoms with Gasteiger partial charge in [-0.1, -0.05) is 15.9 Å². The zero-order valence-electron chi connectivity index (χ0n) is 11.2. The standard InChI is InChI=1S/C14H20BrFN2.ClH/c1-18(14-3-2-5-17-6-4-14)10-11-7-12(15)9-13(16)8-11;/h7-9,14,17H,2-6,10H2,1H3;1H. The lowest BCUT2D eigenvalue weighted by atomic mass is 10.1. The molecule has 1 aliphatic heterocycles. The molecular formula is C14H21BrClFN2. The predicted molar refractivity (Wildman–Crippen MR) is 83.3 cm³/mol. The van der Waals surface area contributed by atoms with Crippen molar-refractivity contribution in [3.8, 4) is 0 Å². The molecule has 0 saturated carbocycles. The van der Waals surface area contributed by atoms with E-state index in [1.165, 1.54) is 25.3 Å². The highest BCUT2D eigenvalue weighted by Gasteiger charge is 2.17. The molecule has 0 radical (unpaired) electrons. The molecule has 1 aliphatic rings. The molecule has 1 N–H and O–H groups in total. The summed E-state index contributed by atoms with van der Waals surface area (Å²) in [6.45, 7) is 3.01. The van der Waals surface area contributed by atoms with Gasteiger partial charge in [-0.25, -0.2) is 4.39 Å². The quantitative estimate of drug-likeness (QED) is 0.895. The van der Waals surface area contributed by atoms with Crippen molar-refractivity contribution in [3.63, 3.8) is 0 Å². The minimum atomic E-state index is -0.171. The Balaban J connectivity index is 0.00000180. The van der Waals surface area contributed by atoms with E-state index in [1.807, 2.05) is 6.07 Å². The summed E-state index contributed by atoms with van der Waals surface area (Å²) in [7, 11) is 2.13. The van der Waals surface area contributed by atoms with Crippen LogP contribution < -0.4 is 5.32 Å². The smallest absolute Gasteiger partial charge is 0.124 e. The van der Waals surface area contributed by atoms with Gasteiger partial charge in [0.1, 0.15) is 5.82 Å². The largest absolute Gasteiger partial charge is 0.317 e. The summed E-state index contributed by atoms with van der Waals surface area (Å²) < 4.78 is 14.1. The third-order valence-corrected chi connectivity index (χ3v) is 3.98. The topological polar surface area (TPSA) is 15.3 Å². The van der Waals surface area contributed by atoms with Crippen LogP contribution in [0.1, 0.15) is 24.8 Å². The first-order valence-electron chi connectivity index (χ1n) is 6.51. The average Bonchev–Trinajstić information content (AvgIpc) is 2.55. The third-order valence-electron chi connectivity index (χ3n) is 3.52. The minimum absolute atomic E-state index is 0. The van der Waals surface area contributed by atoms with Gasteiger partial charge in [0, 0.05) is 17.1 Å². The fourth-order valence-electron chi connectivity index (χ4n) is 2.56. The van der Waals surface area contributed by atoms with Crippen molar-refractivity contribution in [2.24, 2.45) is 0 Å². The van der Waals surface area contributed by atoms with Gasteiger partial charge in [-0.3, -0.25) is 4.90 Å². The van der Waals surface area contributed by atoms with Crippen LogP contribution in [0.3, 0.4) is 0 Å². The van der Waals surface area contributed by atoms with E-state index in [2.05, 4.69) is 33.2 Å². The van der Waals surface area contributed by atoms with Crippen LogP contribution >= 0.6 is 28.3 Å². The van der Waals surface area contributed by atoms with Gasteiger partial charge in [0.25, 0.3) is 0 Å². The van der Waals surface area contributed by atoms with E-state index >= 15 is 0 Å². The summed E-state index contributed by atoms with van der Waals surface area (Å²) in [5.41, 5.74) is 1.03. The van der Waals surface area contributed by atoms with Gasteiger partial charge in [0.05, 0.1) is 0 Å². The molecule has 108 valence electrons. The second-order valence-electron chi connectivity index (χ2n) is 5.03. The molecule has 1 atom stereocenters. The van der Waals surface area contributed by atoms with Crippen molar-refractivity contribution in [1.29, 1.82) is 0 Å². The first-order chi connectivity index (χ1) is 8.65. The van der Waals surface area contributed by atoms with Gasteiger partial charge >= 0.3 is 0 Å². The zero-order chi connectivity index (χ0) is 13.0. The van der Waals surface area contributed by atoms with Crippen LogP contribution in [0.15, 0.2) is 22.7 Å². The first-order valence-corrected chi connectivity index (χ1v) is 7.30. The highest BCUT2D eigenvalue weighted by Crippen LogP contribution is 2.19. The molecule has 1 aromatic carbocycles. The van der Waals surface area contributed by atoms with E-state index in [-0.39, 0.29) is 18.2 Å². The number of halogens is 3. The maximum absolute atomic E-state index is 13.3. The highest BCUT2D eigenvalue weighted by molar-refractivity contribution is 9.10. The van der Waals surface area contributed by atoms with E-state index in [9.17, 15) is 4.39 Å². The lowest BCUT2D eigenvalue weighted by Gasteiger charge is -2.27. The van der Waals surface area contributed by atoms with Crippen LogP contribution in [0.5, 0.6) is 0 Å². The normalized spacial score (nSPS) is 19.9. The Morgan fingerprint density at radius 3 is 2.84 bits per heavy atom. The molecular weight excluding hydrogens is 331 g/mol. The monoisotopic (exact) mass is 350 g/mol. The second kappa shape index (κ2) is 8.20. The molecule has 0 bridgehead atoms. The molecule has 0 amide bonds. The number of nitrogens with zero attached hydrogens (tertiary/aromatic N) is 1. The van der Waals surface area contributed by atoms with Gasteiger partial charge in [0.15, 0.2) is 0 Å². The van der Waals surface area contributed by atoms with Gasteiger partial charge in [-0.2, -0.15) is 0 Å². The Kier molecular flexibility index (Phi) is 7.29. The predicted octanol–water partition coefficient (Wildman–Crippen LogP) is 3.58. The molecule has 0 aliphatic carbocycles. The Labute approximate surface area is 129 Å². The molecule has 1 fully saturated rings. The van der Waals surface area contributed by atoms with Gasteiger partial charge in [-0.15, -0.1) is 12.4 Å². The van der Waals surface area contributed by atoms with Gasteiger partial charge in [-0.05, 0) is 63.2 Å². The van der Waals surface area contributed by atoms with Crippen LogP contribution in [0, 0.1) is 5.82 Å². The maximum Gasteiger partial charge on any atom is 0.124 e. The van der Waals surface area contributed by atoms with Crippen LogP contribution in [0.2, 0.25) is 0 Å². The molecule has 1 unspecified atom stereocenters. The summed E-state index contributed by atoms with van der Waals surface area (Å²) in [6, 6.07) is 5.71. The molecule has 0 aromatic heterocycles. The molecule has 1 aromatic rings. The van der Waals surface area contributed by atoms with Crippen LogP contribution in [-0.2, 0) is 6.54 Å². The van der Waals surface area contributed by atoms with Crippen LogP contribution in [0.25, 0.3) is 0 Å². The molecule has 0 spiro atoms. The van der Waals surface area contributed by atoms with E-state index in [0.717, 1.165) is 29.7 Å². The summed E-state index contributed by atoms with van der Waals surface area (Å²) in [6.07, 6.45) is 3.62. The Morgan fingerprint density at radius 2 is 2.11 bits per heavy atom. The fourth-order valence-corrected chi connectivity index (χ4v) is 3.07. The first kappa shape index (κ1) is 16.9. The number of rotatable bonds is 3. The number of hydrogen-bond acceptors (Lipinski definition) is 2. The van der Waals surface area contributed by atoms with Crippen molar-refractivity contribution < 1.29 is 4.39 Å². The van der Waals surface area contributed by atoms with Crippen molar-refractivity contribution in [3.05, 3.63) is 34.1 Å².